The Morgan fingerprint density at radius 2 is 1.80 bits per heavy atom. The Bertz CT molecular complexity index is 388. The third-order valence-electron chi connectivity index (χ3n) is 2.88. The van der Waals surface area contributed by atoms with Gasteiger partial charge in [-0.25, -0.2) is 4.79 Å². The summed E-state index contributed by atoms with van der Waals surface area (Å²) in [6, 6.07) is 8.26. The third kappa shape index (κ3) is 7.79. The van der Waals surface area contributed by atoms with E-state index in [1.807, 2.05) is 13.8 Å². The van der Waals surface area contributed by atoms with Crippen molar-refractivity contribution in [1.29, 1.82) is 0 Å². The first-order valence-corrected chi connectivity index (χ1v) is 7.27. The molecule has 0 aromatic heterocycles. The molecule has 0 atom stereocenters. The van der Waals surface area contributed by atoms with E-state index in [0.717, 1.165) is 12.8 Å². The van der Waals surface area contributed by atoms with Crippen LogP contribution in [0.3, 0.4) is 0 Å². The number of carbonyl (C=O) groups is 1. The fraction of sp³-hybridized carbons (Fsp3) is 0.562. The highest BCUT2D eigenvalue weighted by molar-refractivity contribution is 5.73. The van der Waals surface area contributed by atoms with E-state index in [4.69, 9.17) is 4.74 Å². The first-order chi connectivity index (χ1) is 9.58. The van der Waals surface area contributed by atoms with E-state index in [9.17, 15) is 4.79 Å². The van der Waals surface area contributed by atoms with Crippen LogP contribution in [0.25, 0.3) is 0 Å². The number of hydrogen-bond acceptors (Lipinski definition) is 2. The van der Waals surface area contributed by atoms with Crippen LogP contribution in [0.5, 0.6) is 0 Å². The summed E-state index contributed by atoms with van der Waals surface area (Å²) in [6.45, 7) is 8.05. The largest absolute Gasteiger partial charge is 0.379 e. The lowest BCUT2D eigenvalue weighted by atomic mass is 10.1. The highest BCUT2D eigenvalue weighted by atomic mass is 16.5. The molecule has 0 radical (unpaired) electrons. The average molecular weight is 278 g/mol. The normalized spacial score (nSPS) is 10.6. The number of urea groups is 1. The Morgan fingerprint density at radius 3 is 2.45 bits per heavy atom. The number of benzene rings is 1. The summed E-state index contributed by atoms with van der Waals surface area (Å²) in [6.07, 6.45) is 1.94. The quantitative estimate of drug-likeness (QED) is 0.718. The molecule has 1 aromatic carbocycles. The van der Waals surface area contributed by atoms with Crippen molar-refractivity contribution in [2.24, 2.45) is 0 Å². The van der Waals surface area contributed by atoms with Crippen molar-refractivity contribution in [3.8, 4) is 0 Å². The molecule has 0 saturated heterocycles. The number of hydrogen-bond donors (Lipinski definition) is 2. The van der Waals surface area contributed by atoms with Crippen LogP contribution in [0, 0.1) is 6.92 Å². The van der Waals surface area contributed by atoms with Gasteiger partial charge in [0.15, 0.2) is 0 Å². The number of ether oxygens (including phenoxy) is 1. The molecular weight excluding hydrogens is 252 g/mol. The molecular formula is C16H26N2O2. The standard InChI is InChI=1S/C16H26N2O2/c1-13(2)20-12-4-10-17-16(19)18-11-9-15-7-5-14(3)6-8-15/h5-8,13H,4,9-12H2,1-3H3,(H2,17,18,19). The Labute approximate surface area is 121 Å². The van der Waals surface area contributed by atoms with E-state index in [-0.39, 0.29) is 12.1 Å². The summed E-state index contributed by atoms with van der Waals surface area (Å²) in [5.74, 6) is 0. The van der Waals surface area contributed by atoms with Crippen molar-refractivity contribution < 1.29 is 9.53 Å². The number of nitrogens with one attached hydrogen (secondary N) is 2. The lowest BCUT2D eigenvalue weighted by molar-refractivity contribution is 0.0774. The van der Waals surface area contributed by atoms with Crippen LogP contribution < -0.4 is 10.6 Å². The zero-order valence-corrected chi connectivity index (χ0v) is 12.7. The van der Waals surface area contributed by atoms with Crippen LogP contribution in [-0.2, 0) is 11.2 Å². The number of aryl methyl sites for hydroxylation is 1. The monoisotopic (exact) mass is 278 g/mol. The van der Waals surface area contributed by atoms with Crippen LogP contribution in [0.2, 0.25) is 0 Å². The molecule has 0 aliphatic rings. The predicted molar refractivity (Wildman–Crippen MR) is 82.0 cm³/mol. The first-order valence-electron chi connectivity index (χ1n) is 7.27. The smallest absolute Gasteiger partial charge is 0.314 e. The lowest BCUT2D eigenvalue weighted by Crippen LogP contribution is -2.37. The second kappa shape index (κ2) is 9.37. The molecule has 0 spiro atoms. The SMILES string of the molecule is Cc1ccc(CCNC(=O)NCCCOC(C)C)cc1. The van der Waals surface area contributed by atoms with E-state index in [0.29, 0.717) is 19.7 Å². The lowest BCUT2D eigenvalue weighted by Gasteiger charge is -2.09. The Morgan fingerprint density at radius 1 is 1.15 bits per heavy atom. The van der Waals surface area contributed by atoms with Gasteiger partial charge in [0.1, 0.15) is 0 Å². The fourth-order valence-electron chi connectivity index (χ4n) is 1.73. The molecule has 0 aliphatic heterocycles. The molecule has 2 amide bonds. The maximum absolute atomic E-state index is 11.5. The van der Waals surface area contributed by atoms with E-state index in [1.54, 1.807) is 0 Å². The predicted octanol–water partition coefficient (Wildman–Crippen LogP) is 2.65. The molecule has 1 rings (SSSR count). The topological polar surface area (TPSA) is 50.4 Å². The van der Waals surface area contributed by atoms with Gasteiger partial charge in [0.25, 0.3) is 0 Å². The average Bonchev–Trinajstić information content (AvgIpc) is 2.40. The van der Waals surface area contributed by atoms with Crippen LogP contribution in [0.1, 0.15) is 31.4 Å². The van der Waals surface area contributed by atoms with Gasteiger partial charge in [-0.15, -0.1) is 0 Å². The fourth-order valence-corrected chi connectivity index (χ4v) is 1.73. The zero-order chi connectivity index (χ0) is 14.8. The van der Waals surface area contributed by atoms with Gasteiger partial charge in [-0.05, 0) is 39.2 Å². The van der Waals surface area contributed by atoms with Crippen molar-refractivity contribution in [1.82, 2.24) is 10.6 Å². The van der Waals surface area contributed by atoms with E-state index in [1.165, 1.54) is 11.1 Å². The van der Waals surface area contributed by atoms with Crippen LogP contribution >= 0.6 is 0 Å². The van der Waals surface area contributed by atoms with Crippen molar-refractivity contribution in [2.45, 2.75) is 39.7 Å². The minimum atomic E-state index is -0.110. The zero-order valence-electron chi connectivity index (χ0n) is 12.7. The molecule has 4 nitrogen and oxygen atoms in total. The van der Waals surface area contributed by atoms with E-state index >= 15 is 0 Å². The van der Waals surface area contributed by atoms with Crippen LogP contribution in [-0.4, -0.2) is 31.8 Å². The molecule has 2 N–H and O–H groups in total. The molecule has 0 saturated carbocycles. The summed E-state index contributed by atoms with van der Waals surface area (Å²) in [4.78, 5) is 11.5. The van der Waals surface area contributed by atoms with Crippen molar-refractivity contribution in [3.63, 3.8) is 0 Å². The number of rotatable bonds is 8. The Kier molecular flexibility index (Phi) is 7.73. The van der Waals surface area contributed by atoms with Crippen molar-refractivity contribution in [2.75, 3.05) is 19.7 Å². The second-order valence-electron chi connectivity index (χ2n) is 5.19. The minimum absolute atomic E-state index is 0.110. The summed E-state index contributed by atoms with van der Waals surface area (Å²) in [5, 5.41) is 5.68. The molecule has 1 aromatic rings. The van der Waals surface area contributed by atoms with Crippen LogP contribution in [0.4, 0.5) is 4.79 Å². The maximum atomic E-state index is 11.5. The Balaban J connectivity index is 2.04. The molecule has 0 unspecified atom stereocenters. The van der Waals surface area contributed by atoms with Gasteiger partial charge < -0.3 is 15.4 Å². The molecule has 0 heterocycles. The van der Waals surface area contributed by atoms with E-state index in [2.05, 4.69) is 41.8 Å². The summed E-state index contributed by atoms with van der Waals surface area (Å²) >= 11 is 0. The van der Waals surface area contributed by atoms with Gasteiger partial charge in [-0.1, -0.05) is 29.8 Å². The summed E-state index contributed by atoms with van der Waals surface area (Å²) in [7, 11) is 0. The maximum Gasteiger partial charge on any atom is 0.314 e. The molecule has 4 heteroatoms. The van der Waals surface area contributed by atoms with Gasteiger partial charge in [0, 0.05) is 19.7 Å². The molecule has 112 valence electrons. The van der Waals surface area contributed by atoms with Gasteiger partial charge >= 0.3 is 6.03 Å². The van der Waals surface area contributed by atoms with Crippen LogP contribution in [0.15, 0.2) is 24.3 Å². The molecule has 0 fully saturated rings. The number of amides is 2. The molecule has 0 aliphatic carbocycles. The highest BCUT2D eigenvalue weighted by Gasteiger charge is 2.00. The molecule has 0 bridgehead atoms. The van der Waals surface area contributed by atoms with Gasteiger partial charge in [-0.2, -0.15) is 0 Å². The summed E-state index contributed by atoms with van der Waals surface area (Å²) in [5.41, 5.74) is 2.49. The highest BCUT2D eigenvalue weighted by Crippen LogP contribution is 2.02. The van der Waals surface area contributed by atoms with Gasteiger partial charge in [-0.3, -0.25) is 0 Å². The minimum Gasteiger partial charge on any atom is -0.379 e. The van der Waals surface area contributed by atoms with Crippen molar-refractivity contribution in [3.05, 3.63) is 35.4 Å². The van der Waals surface area contributed by atoms with Gasteiger partial charge in [0.2, 0.25) is 0 Å². The first kappa shape index (κ1) is 16.5. The number of carbonyl (C=O) groups excluding carboxylic acids is 1. The van der Waals surface area contributed by atoms with Gasteiger partial charge in [0.05, 0.1) is 6.10 Å². The summed E-state index contributed by atoms with van der Waals surface area (Å²) < 4.78 is 5.40. The molecule has 20 heavy (non-hydrogen) atoms. The van der Waals surface area contributed by atoms with E-state index < -0.39 is 0 Å². The second-order valence-corrected chi connectivity index (χ2v) is 5.19. The third-order valence-corrected chi connectivity index (χ3v) is 2.88. The van der Waals surface area contributed by atoms with Crippen molar-refractivity contribution >= 4 is 6.03 Å². The Hall–Kier alpha value is -1.55.